The molecule has 1 aromatic rings. The number of rotatable bonds is 2. The first-order chi connectivity index (χ1) is 8.83. The predicted octanol–water partition coefficient (Wildman–Crippen LogP) is 1.96. The Kier molecular flexibility index (Phi) is 3.61. The van der Waals surface area contributed by atoms with E-state index in [4.69, 9.17) is 0 Å². The van der Waals surface area contributed by atoms with Crippen molar-refractivity contribution in [3.63, 3.8) is 0 Å². The minimum absolute atomic E-state index is 0.119. The van der Waals surface area contributed by atoms with E-state index in [1.54, 1.807) is 11.3 Å². The van der Waals surface area contributed by atoms with E-state index >= 15 is 0 Å². The van der Waals surface area contributed by atoms with Crippen LogP contribution in [0.2, 0.25) is 0 Å². The monoisotopic (exact) mass is 265 g/mol. The van der Waals surface area contributed by atoms with Crippen LogP contribution in [0.15, 0.2) is 0 Å². The standard InChI is InChI=1S/C13H19N3OS/c17-12(9-6-7-14-8-9)16-13-15-10-4-2-1-3-5-11(10)18-13/h9,14H,1-8H2,(H,15,16,17). The minimum atomic E-state index is 0.119. The van der Waals surface area contributed by atoms with Gasteiger partial charge in [-0.3, -0.25) is 4.79 Å². The zero-order valence-electron chi connectivity index (χ0n) is 10.5. The molecule has 5 heteroatoms. The normalized spacial score (nSPS) is 23.4. The fourth-order valence-corrected chi connectivity index (χ4v) is 3.72. The van der Waals surface area contributed by atoms with Gasteiger partial charge in [-0.15, -0.1) is 11.3 Å². The minimum Gasteiger partial charge on any atom is -0.316 e. The van der Waals surface area contributed by atoms with Crippen LogP contribution in [0.1, 0.15) is 36.3 Å². The molecule has 1 fully saturated rings. The molecule has 1 unspecified atom stereocenters. The van der Waals surface area contributed by atoms with Gasteiger partial charge in [0.25, 0.3) is 0 Å². The van der Waals surface area contributed by atoms with E-state index in [-0.39, 0.29) is 11.8 Å². The third kappa shape index (κ3) is 2.57. The van der Waals surface area contributed by atoms with Gasteiger partial charge in [0.05, 0.1) is 11.6 Å². The van der Waals surface area contributed by atoms with Crippen LogP contribution in [0.4, 0.5) is 5.13 Å². The maximum atomic E-state index is 12.0. The number of nitrogens with zero attached hydrogens (tertiary/aromatic N) is 1. The van der Waals surface area contributed by atoms with Gasteiger partial charge in [-0.2, -0.15) is 0 Å². The van der Waals surface area contributed by atoms with Crippen molar-refractivity contribution >= 4 is 22.4 Å². The molecule has 2 N–H and O–H groups in total. The van der Waals surface area contributed by atoms with E-state index in [1.165, 1.54) is 29.8 Å². The second kappa shape index (κ2) is 5.36. The number of hydrogen-bond donors (Lipinski definition) is 2. The van der Waals surface area contributed by atoms with Gasteiger partial charge in [0.2, 0.25) is 5.91 Å². The van der Waals surface area contributed by atoms with Crippen molar-refractivity contribution in [3.8, 4) is 0 Å². The van der Waals surface area contributed by atoms with E-state index in [9.17, 15) is 4.79 Å². The molecule has 1 atom stereocenters. The summed E-state index contributed by atoms with van der Waals surface area (Å²) in [5.41, 5.74) is 1.22. The van der Waals surface area contributed by atoms with E-state index in [2.05, 4.69) is 15.6 Å². The molecule has 2 heterocycles. The van der Waals surface area contributed by atoms with Gasteiger partial charge in [0.1, 0.15) is 0 Å². The van der Waals surface area contributed by atoms with Crippen LogP contribution in [0.25, 0.3) is 0 Å². The van der Waals surface area contributed by atoms with E-state index < -0.39 is 0 Å². The van der Waals surface area contributed by atoms with Gasteiger partial charge in [0, 0.05) is 11.4 Å². The SMILES string of the molecule is O=C(Nc1nc2c(s1)CCCCC2)C1CCNC1. The molecule has 0 aromatic carbocycles. The molecule has 1 aliphatic carbocycles. The Hall–Kier alpha value is -0.940. The predicted molar refractivity (Wildman–Crippen MR) is 73.0 cm³/mol. The van der Waals surface area contributed by atoms with Crippen molar-refractivity contribution < 1.29 is 4.79 Å². The summed E-state index contributed by atoms with van der Waals surface area (Å²) in [5.74, 6) is 0.248. The second-order valence-corrected chi connectivity index (χ2v) is 6.21. The summed E-state index contributed by atoms with van der Waals surface area (Å²) < 4.78 is 0. The third-order valence-electron chi connectivity index (χ3n) is 3.76. The topological polar surface area (TPSA) is 54.0 Å². The Bertz CT molecular complexity index is 414. The van der Waals surface area contributed by atoms with E-state index in [0.29, 0.717) is 0 Å². The Morgan fingerprint density at radius 1 is 1.33 bits per heavy atom. The molecular formula is C13H19N3OS. The highest BCUT2D eigenvalue weighted by atomic mass is 32.1. The molecule has 1 aromatic heterocycles. The number of hydrogen-bond acceptors (Lipinski definition) is 4. The van der Waals surface area contributed by atoms with Gasteiger partial charge in [-0.05, 0) is 38.6 Å². The maximum absolute atomic E-state index is 12.0. The number of thiazole rings is 1. The molecule has 4 nitrogen and oxygen atoms in total. The summed E-state index contributed by atoms with van der Waals surface area (Å²) in [5, 5.41) is 7.01. The number of carbonyl (C=O) groups is 1. The molecule has 1 aliphatic heterocycles. The molecule has 2 aliphatic rings. The summed E-state index contributed by atoms with van der Waals surface area (Å²) >= 11 is 1.67. The molecule has 0 radical (unpaired) electrons. The number of fused-ring (bicyclic) bond motifs is 1. The highest BCUT2D eigenvalue weighted by molar-refractivity contribution is 7.15. The summed E-state index contributed by atoms with van der Waals surface area (Å²) in [6, 6.07) is 0. The van der Waals surface area contributed by atoms with Gasteiger partial charge >= 0.3 is 0 Å². The number of anilines is 1. The fourth-order valence-electron chi connectivity index (χ4n) is 2.67. The van der Waals surface area contributed by atoms with Crippen molar-refractivity contribution in [2.24, 2.45) is 5.92 Å². The molecule has 18 heavy (non-hydrogen) atoms. The van der Waals surface area contributed by atoms with Crippen molar-refractivity contribution in [2.75, 3.05) is 18.4 Å². The van der Waals surface area contributed by atoms with Gasteiger partial charge in [-0.25, -0.2) is 4.98 Å². The van der Waals surface area contributed by atoms with Crippen LogP contribution in [0.3, 0.4) is 0 Å². The van der Waals surface area contributed by atoms with Crippen molar-refractivity contribution in [1.82, 2.24) is 10.3 Å². The lowest BCUT2D eigenvalue weighted by Crippen LogP contribution is -2.24. The number of aromatic nitrogens is 1. The Morgan fingerprint density at radius 2 is 2.22 bits per heavy atom. The summed E-state index contributed by atoms with van der Waals surface area (Å²) in [4.78, 5) is 18.0. The first-order valence-corrected chi connectivity index (χ1v) is 7.65. The van der Waals surface area contributed by atoms with Crippen LogP contribution >= 0.6 is 11.3 Å². The first-order valence-electron chi connectivity index (χ1n) is 6.83. The second-order valence-electron chi connectivity index (χ2n) is 5.13. The van der Waals surface area contributed by atoms with Crippen molar-refractivity contribution in [1.29, 1.82) is 0 Å². The van der Waals surface area contributed by atoms with Crippen LogP contribution in [0.5, 0.6) is 0 Å². The smallest absolute Gasteiger partial charge is 0.230 e. The first kappa shape index (κ1) is 12.1. The molecule has 3 rings (SSSR count). The van der Waals surface area contributed by atoms with Crippen molar-refractivity contribution in [3.05, 3.63) is 10.6 Å². The zero-order chi connectivity index (χ0) is 12.4. The molecule has 98 valence electrons. The molecule has 1 amide bonds. The van der Waals surface area contributed by atoms with Crippen molar-refractivity contribution in [2.45, 2.75) is 38.5 Å². The lowest BCUT2D eigenvalue weighted by Gasteiger charge is -2.06. The quantitative estimate of drug-likeness (QED) is 0.804. The molecule has 0 spiro atoms. The Labute approximate surface area is 111 Å². The number of amides is 1. The van der Waals surface area contributed by atoms with Crippen LogP contribution in [-0.4, -0.2) is 24.0 Å². The van der Waals surface area contributed by atoms with E-state index in [1.807, 2.05) is 0 Å². The lowest BCUT2D eigenvalue weighted by molar-refractivity contribution is -0.119. The molecular weight excluding hydrogens is 246 g/mol. The largest absolute Gasteiger partial charge is 0.316 e. The Morgan fingerprint density at radius 3 is 3.06 bits per heavy atom. The average Bonchev–Trinajstić information content (AvgIpc) is 2.96. The van der Waals surface area contributed by atoms with Crippen LogP contribution in [-0.2, 0) is 17.6 Å². The molecule has 1 saturated heterocycles. The zero-order valence-corrected chi connectivity index (χ0v) is 11.3. The van der Waals surface area contributed by atoms with Gasteiger partial charge < -0.3 is 10.6 Å². The van der Waals surface area contributed by atoms with Gasteiger partial charge in [-0.1, -0.05) is 6.42 Å². The van der Waals surface area contributed by atoms with Gasteiger partial charge in [0.15, 0.2) is 5.13 Å². The maximum Gasteiger partial charge on any atom is 0.230 e. The lowest BCUT2D eigenvalue weighted by atomic mass is 10.1. The summed E-state index contributed by atoms with van der Waals surface area (Å²) in [6.45, 7) is 1.75. The molecule has 0 bridgehead atoms. The van der Waals surface area contributed by atoms with E-state index in [0.717, 1.165) is 37.5 Å². The highest BCUT2D eigenvalue weighted by Gasteiger charge is 2.23. The Balaban J connectivity index is 1.67. The number of carbonyl (C=O) groups excluding carboxylic acids is 1. The highest BCUT2D eigenvalue weighted by Crippen LogP contribution is 2.29. The summed E-state index contributed by atoms with van der Waals surface area (Å²) in [6.07, 6.45) is 6.95. The number of aryl methyl sites for hydroxylation is 2. The van der Waals surface area contributed by atoms with Crippen LogP contribution < -0.4 is 10.6 Å². The van der Waals surface area contributed by atoms with Crippen LogP contribution in [0, 0.1) is 5.92 Å². The summed E-state index contributed by atoms with van der Waals surface area (Å²) in [7, 11) is 0. The number of nitrogens with one attached hydrogen (secondary N) is 2. The molecule has 0 saturated carbocycles. The average molecular weight is 265 g/mol. The third-order valence-corrected chi connectivity index (χ3v) is 4.83. The fraction of sp³-hybridized carbons (Fsp3) is 0.692.